The summed E-state index contributed by atoms with van der Waals surface area (Å²) in [6.45, 7) is 1.25. The molecule has 0 aliphatic carbocycles. The van der Waals surface area contributed by atoms with Crippen LogP contribution in [0.1, 0.15) is 12.5 Å². The van der Waals surface area contributed by atoms with Crippen molar-refractivity contribution in [2.75, 3.05) is 0 Å². The first-order chi connectivity index (χ1) is 5.94. The van der Waals surface area contributed by atoms with Gasteiger partial charge in [-0.25, -0.2) is 4.79 Å². The standard InChI is InChI=1S/C9H9BrO3/c1-9(13,8(11)12)6-2-4-7(10)5-3-6/h2-5,13H,1H3,(H,11,12)/t9-/m0/s1. The molecule has 3 nitrogen and oxygen atoms in total. The van der Waals surface area contributed by atoms with Gasteiger partial charge in [-0.3, -0.25) is 0 Å². The van der Waals surface area contributed by atoms with Gasteiger partial charge in [0.05, 0.1) is 0 Å². The molecule has 0 aromatic heterocycles. The van der Waals surface area contributed by atoms with Crippen molar-refractivity contribution in [1.29, 1.82) is 0 Å². The SMILES string of the molecule is C[C@@](O)(C(=O)O)c1ccc(Br)cc1. The Hall–Kier alpha value is -0.870. The molecule has 1 aromatic carbocycles. The molecule has 70 valence electrons. The van der Waals surface area contributed by atoms with Crippen molar-refractivity contribution in [3.63, 3.8) is 0 Å². The van der Waals surface area contributed by atoms with Crippen LogP contribution >= 0.6 is 15.9 Å². The number of aliphatic hydroxyl groups is 1. The van der Waals surface area contributed by atoms with Crippen LogP contribution in [0.3, 0.4) is 0 Å². The molecule has 2 N–H and O–H groups in total. The predicted molar refractivity (Wildman–Crippen MR) is 51.3 cm³/mol. The molecule has 0 fully saturated rings. The third-order valence-electron chi connectivity index (χ3n) is 1.82. The third-order valence-corrected chi connectivity index (χ3v) is 2.35. The number of carboxylic acid groups (broad SMARTS) is 1. The summed E-state index contributed by atoms with van der Waals surface area (Å²) in [6, 6.07) is 6.51. The van der Waals surface area contributed by atoms with Gasteiger partial charge in [-0.15, -0.1) is 0 Å². The fourth-order valence-corrected chi connectivity index (χ4v) is 1.16. The highest BCUT2D eigenvalue weighted by Gasteiger charge is 2.31. The smallest absolute Gasteiger partial charge is 0.340 e. The van der Waals surface area contributed by atoms with Gasteiger partial charge in [0, 0.05) is 4.47 Å². The Bertz CT molecular complexity index is 316. The molecule has 1 aromatic rings. The highest BCUT2D eigenvalue weighted by molar-refractivity contribution is 9.10. The Kier molecular flexibility index (Phi) is 2.73. The van der Waals surface area contributed by atoms with Crippen LogP contribution in [-0.2, 0) is 10.4 Å². The van der Waals surface area contributed by atoms with Gasteiger partial charge in [-0.2, -0.15) is 0 Å². The van der Waals surface area contributed by atoms with E-state index in [2.05, 4.69) is 15.9 Å². The van der Waals surface area contributed by atoms with E-state index < -0.39 is 11.6 Å². The molecule has 0 spiro atoms. The summed E-state index contributed by atoms with van der Waals surface area (Å²) >= 11 is 3.22. The Morgan fingerprint density at radius 3 is 2.23 bits per heavy atom. The van der Waals surface area contributed by atoms with Crippen molar-refractivity contribution >= 4 is 21.9 Å². The molecule has 0 aliphatic heterocycles. The average Bonchev–Trinajstić information content (AvgIpc) is 2.04. The Labute approximate surface area is 84.1 Å². The first-order valence-electron chi connectivity index (χ1n) is 3.66. The average molecular weight is 245 g/mol. The molecule has 0 unspecified atom stereocenters. The minimum atomic E-state index is -1.82. The lowest BCUT2D eigenvalue weighted by Crippen LogP contribution is -2.31. The van der Waals surface area contributed by atoms with E-state index in [1.165, 1.54) is 6.92 Å². The summed E-state index contributed by atoms with van der Waals surface area (Å²) in [5, 5.41) is 18.2. The molecule has 0 aliphatic rings. The Balaban J connectivity index is 3.08. The Morgan fingerprint density at radius 1 is 1.38 bits per heavy atom. The van der Waals surface area contributed by atoms with E-state index in [0.717, 1.165) is 4.47 Å². The normalized spacial score (nSPS) is 15.0. The van der Waals surface area contributed by atoms with Crippen LogP contribution in [0.4, 0.5) is 0 Å². The molecule has 1 rings (SSSR count). The van der Waals surface area contributed by atoms with E-state index in [4.69, 9.17) is 5.11 Å². The van der Waals surface area contributed by atoms with Crippen LogP contribution in [0.5, 0.6) is 0 Å². The number of carbonyl (C=O) groups is 1. The van der Waals surface area contributed by atoms with Gasteiger partial charge < -0.3 is 10.2 Å². The lowest BCUT2D eigenvalue weighted by molar-refractivity contribution is -0.157. The summed E-state index contributed by atoms with van der Waals surface area (Å²) in [5.41, 5.74) is -1.45. The van der Waals surface area contributed by atoms with Crippen LogP contribution in [-0.4, -0.2) is 16.2 Å². The maximum Gasteiger partial charge on any atom is 0.340 e. The van der Waals surface area contributed by atoms with Crippen LogP contribution in [0.15, 0.2) is 28.7 Å². The van der Waals surface area contributed by atoms with Crippen molar-refractivity contribution in [2.24, 2.45) is 0 Å². The fraction of sp³-hybridized carbons (Fsp3) is 0.222. The van der Waals surface area contributed by atoms with Crippen molar-refractivity contribution in [1.82, 2.24) is 0 Å². The molecule has 0 heterocycles. The summed E-state index contributed by atoms with van der Waals surface area (Å²) in [4.78, 5) is 10.6. The van der Waals surface area contributed by atoms with Gasteiger partial charge in [0.15, 0.2) is 5.60 Å². The van der Waals surface area contributed by atoms with E-state index in [0.29, 0.717) is 5.56 Å². The monoisotopic (exact) mass is 244 g/mol. The molecular weight excluding hydrogens is 236 g/mol. The highest BCUT2D eigenvalue weighted by atomic mass is 79.9. The zero-order chi connectivity index (χ0) is 10.1. The molecule has 1 atom stereocenters. The molecule has 0 amide bonds. The van der Waals surface area contributed by atoms with Crippen LogP contribution in [0.25, 0.3) is 0 Å². The molecule has 13 heavy (non-hydrogen) atoms. The second kappa shape index (κ2) is 3.47. The topological polar surface area (TPSA) is 57.5 Å². The molecule has 0 radical (unpaired) electrons. The summed E-state index contributed by atoms with van der Waals surface area (Å²) in [7, 11) is 0. The first kappa shape index (κ1) is 10.2. The van der Waals surface area contributed by atoms with Gasteiger partial charge in [0.1, 0.15) is 0 Å². The third kappa shape index (κ3) is 2.08. The number of rotatable bonds is 2. The number of carboxylic acids is 1. The van der Waals surface area contributed by atoms with E-state index in [9.17, 15) is 9.90 Å². The lowest BCUT2D eigenvalue weighted by Gasteiger charge is -2.17. The molecule has 0 saturated heterocycles. The zero-order valence-electron chi connectivity index (χ0n) is 6.99. The maximum absolute atomic E-state index is 10.6. The maximum atomic E-state index is 10.6. The van der Waals surface area contributed by atoms with Gasteiger partial charge in [0.2, 0.25) is 0 Å². The summed E-state index contributed by atoms with van der Waals surface area (Å²) in [6.07, 6.45) is 0. The second-order valence-corrected chi connectivity index (χ2v) is 3.80. The van der Waals surface area contributed by atoms with E-state index in [-0.39, 0.29) is 0 Å². The van der Waals surface area contributed by atoms with Crippen molar-refractivity contribution < 1.29 is 15.0 Å². The highest BCUT2D eigenvalue weighted by Crippen LogP contribution is 2.22. The number of hydrogen-bond donors (Lipinski definition) is 2. The van der Waals surface area contributed by atoms with Gasteiger partial charge in [0.25, 0.3) is 0 Å². The minimum Gasteiger partial charge on any atom is -0.479 e. The fourth-order valence-electron chi connectivity index (χ4n) is 0.898. The number of halogens is 1. The van der Waals surface area contributed by atoms with E-state index >= 15 is 0 Å². The Morgan fingerprint density at radius 2 is 1.85 bits per heavy atom. The molecule has 4 heteroatoms. The second-order valence-electron chi connectivity index (χ2n) is 2.88. The number of aliphatic carboxylic acids is 1. The van der Waals surface area contributed by atoms with Crippen molar-refractivity contribution in [3.8, 4) is 0 Å². The van der Waals surface area contributed by atoms with Gasteiger partial charge in [-0.1, -0.05) is 28.1 Å². The zero-order valence-corrected chi connectivity index (χ0v) is 8.58. The lowest BCUT2D eigenvalue weighted by atomic mass is 9.97. The quantitative estimate of drug-likeness (QED) is 0.834. The molecule has 0 bridgehead atoms. The van der Waals surface area contributed by atoms with Gasteiger partial charge in [-0.05, 0) is 24.6 Å². The molecule has 0 saturated carbocycles. The minimum absolute atomic E-state index is 0.364. The van der Waals surface area contributed by atoms with Gasteiger partial charge >= 0.3 is 5.97 Å². The van der Waals surface area contributed by atoms with Crippen LogP contribution < -0.4 is 0 Å². The summed E-state index contributed by atoms with van der Waals surface area (Å²) in [5.74, 6) is -1.25. The van der Waals surface area contributed by atoms with E-state index in [1.54, 1.807) is 24.3 Å². The van der Waals surface area contributed by atoms with Crippen molar-refractivity contribution in [2.45, 2.75) is 12.5 Å². The largest absolute Gasteiger partial charge is 0.479 e. The molecular formula is C9H9BrO3. The van der Waals surface area contributed by atoms with E-state index in [1.807, 2.05) is 0 Å². The predicted octanol–water partition coefficient (Wildman–Crippen LogP) is 1.74. The first-order valence-corrected chi connectivity index (χ1v) is 4.45. The van der Waals surface area contributed by atoms with Crippen molar-refractivity contribution in [3.05, 3.63) is 34.3 Å². The van der Waals surface area contributed by atoms with Crippen LogP contribution in [0, 0.1) is 0 Å². The number of hydrogen-bond acceptors (Lipinski definition) is 2. The summed E-state index contributed by atoms with van der Waals surface area (Å²) < 4.78 is 0.845. The number of benzene rings is 1. The van der Waals surface area contributed by atoms with Crippen LogP contribution in [0.2, 0.25) is 0 Å².